The van der Waals surface area contributed by atoms with E-state index >= 15 is 0 Å². The zero-order chi connectivity index (χ0) is 22.2. The van der Waals surface area contributed by atoms with Gasteiger partial charge in [0.1, 0.15) is 22.9 Å². The third-order valence-electron chi connectivity index (χ3n) is 4.45. The standard InChI is InChI=1S/C15H15NO.C12H9NO/c1-11(2)9-10-14-12(3)17-16-15(14)13-7-5-4-6-8-13;1-3-11-9(2)14-13-12(11)10-7-5-4-6-8-10/h4-8,11H,1-3H3;1,4-8H,2H3. The number of terminal acetylenes is 1. The third-order valence-corrected chi connectivity index (χ3v) is 4.45. The van der Waals surface area contributed by atoms with Gasteiger partial charge in [-0.3, -0.25) is 0 Å². The average molecular weight is 409 g/mol. The van der Waals surface area contributed by atoms with Gasteiger partial charge in [0.15, 0.2) is 0 Å². The molecule has 0 saturated carbocycles. The average Bonchev–Trinajstić information content (AvgIpc) is 3.35. The molecule has 2 heterocycles. The summed E-state index contributed by atoms with van der Waals surface area (Å²) in [6.07, 6.45) is 5.38. The van der Waals surface area contributed by atoms with Crippen molar-refractivity contribution in [3.8, 4) is 46.7 Å². The van der Waals surface area contributed by atoms with E-state index in [1.165, 1.54) is 0 Å². The van der Waals surface area contributed by atoms with Crippen LogP contribution in [0, 0.1) is 44.0 Å². The molecule has 154 valence electrons. The molecular weight excluding hydrogens is 384 g/mol. The highest BCUT2D eigenvalue weighted by Gasteiger charge is 2.12. The highest BCUT2D eigenvalue weighted by atomic mass is 16.5. The molecule has 0 N–H and O–H groups in total. The highest BCUT2D eigenvalue weighted by molar-refractivity contribution is 5.68. The maximum atomic E-state index is 5.38. The Kier molecular flexibility index (Phi) is 7.09. The highest BCUT2D eigenvalue weighted by Crippen LogP contribution is 2.24. The van der Waals surface area contributed by atoms with E-state index in [2.05, 4.69) is 41.9 Å². The lowest BCUT2D eigenvalue weighted by Gasteiger charge is -1.96. The summed E-state index contributed by atoms with van der Waals surface area (Å²) < 4.78 is 10.3. The van der Waals surface area contributed by atoms with Crippen LogP contribution in [-0.2, 0) is 0 Å². The van der Waals surface area contributed by atoms with Gasteiger partial charge in [0, 0.05) is 17.0 Å². The second-order valence-electron chi connectivity index (χ2n) is 7.23. The number of rotatable bonds is 2. The van der Waals surface area contributed by atoms with Crippen LogP contribution in [0.15, 0.2) is 69.7 Å². The van der Waals surface area contributed by atoms with Crippen molar-refractivity contribution in [2.45, 2.75) is 27.7 Å². The topological polar surface area (TPSA) is 52.1 Å². The number of hydrogen-bond acceptors (Lipinski definition) is 4. The summed E-state index contributed by atoms with van der Waals surface area (Å²) in [4.78, 5) is 0. The van der Waals surface area contributed by atoms with E-state index in [-0.39, 0.29) is 0 Å². The minimum absolute atomic E-state index is 0.341. The van der Waals surface area contributed by atoms with Crippen molar-refractivity contribution in [1.29, 1.82) is 0 Å². The first-order valence-electron chi connectivity index (χ1n) is 10.0. The summed E-state index contributed by atoms with van der Waals surface area (Å²) in [6, 6.07) is 19.7. The SMILES string of the molecule is C#Cc1c(-c2ccccc2)noc1C.Cc1onc(-c2ccccc2)c1C#CC(C)C. The molecule has 0 aliphatic carbocycles. The van der Waals surface area contributed by atoms with Gasteiger partial charge in [-0.1, -0.05) is 103 Å². The molecule has 0 bridgehead atoms. The number of aromatic nitrogens is 2. The van der Waals surface area contributed by atoms with Crippen molar-refractivity contribution in [1.82, 2.24) is 10.3 Å². The molecule has 2 aromatic heterocycles. The molecule has 0 unspecified atom stereocenters. The van der Waals surface area contributed by atoms with Crippen LogP contribution < -0.4 is 0 Å². The van der Waals surface area contributed by atoms with Gasteiger partial charge >= 0.3 is 0 Å². The van der Waals surface area contributed by atoms with Crippen LogP contribution in [0.1, 0.15) is 36.5 Å². The van der Waals surface area contributed by atoms with Crippen molar-refractivity contribution in [3.05, 3.63) is 83.3 Å². The minimum atomic E-state index is 0.341. The predicted octanol–water partition coefficient (Wildman–Crippen LogP) is 6.29. The summed E-state index contributed by atoms with van der Waals surface area (Å²) in [7, 11) is 0. The molecule has 0 spiro atoms. The van der Waals surface area contributed by atoms with Crippen LogP contribution >= 0.6 is 0 Å². The van der Waals surface area contributed by atoms with Crippen LogP contribution in [0.25, 0.3) is 22.5 Å². The molecule has 4 aromatic rings. The second kappa shape index (κ2) is 10.1. The van der Waals surface area contributed by atoms with Crippen molar-refractivity contribution in [2.75, 3.05) is 0 Å². The predicted molar refractivity (Wildman–Crippen MR) is 123 cm³/mol. The maximum Gasteiger partial charge on any atom is 0.149 e. The van der Waals surface area contributed by atoms with Gasteiger partial charge in [0.2, 0.25) is 0 Å². The molecule has 0 saturated heterocycles. The van der Waals surface area contributed by atoms with Gasteiger partial charge in [-0.25, -0.2) is 0 Å². The fourth-order valence-electron chi connectivity index (χ4n) is 2.86. The van der Waals surface area contributed by atoms with Crippen molar-refractivity contribution in [2.24, 2.45) is 5.92 Å². The van der Waals surface area contributed by atoms with E-state index in [1.807, 2.05) is 74.5 Å². The number of hydrogen-bond donors (Lipinski definition) is 0. The molecule has 4 heteroatoms. The Balaban J connectivity index is 0.000000179. The van der Waals surface area contributed by atoms with Gasteiger partial charge in [-0.15, -0.1) is 6.42 Å². The Labute approximate surface area is 183 Å². The molecule has 31 heavy (non-hydrogen) atoms. The first-order valence-corrected chi connectivity index (χ1v) is 10.0. The normalized spacial score (nSPS) is 9.94. The Hall–Kier alpha value is -4.02. The summed E-state index contributed by atoms with van der Waals surface area (Å²) >= 11 is 0. The minimum Gasteiger partial charge on any atom is -0.360 e. The lowest BCUT2D eigenvalue weighted by atomic mass is 10.1. The third kappa shape index (κ3) is 5.32. The number of aryl methyl sites for hydroxylation is 2. The van der Waals surface area contributed by atoms with Gasteiger partial charge in [-0.2, -0.15) is 0 Å². The van der Waals surface area contributed by atoms with Crippen LogP contribution in [0.3, 0.4) is 0 Å². The maximum absolute atomic E-state index is 5.38. The van der Waals surface area contributed by atoms with E-state index in [0.717, 1.165) is 39.4 Å². The van der Waals surface area contributed by atoms with Crippen molar-refractivity contribution >= 4 is 0 Å². The largest absolute Gasteiger partial charge is 0.360 e. The van der Waals surface area contributed by atoms with Crippen molar-refractivity contribution in [3.63, 3.8) is 0 Å². The second-order valence-corrected chi connectivity index (χ2v) is 7.23. The first-order chi connectivity index (χ1) is 15.0. The van der Waals surface area contributed by atoms with Crippen LogP contribution in [0.5, 0.6) is 0 Å². The molecule has 0 fully saturated rings. The van der Waals surface area contributed by atoms with Gasteiger partial charge < -0.3 is 9.05 Å². The molecule has 0 aliphatic rings. The Morgan fingerprint density at radius 1 is 0.742 bits per heavy atom. The molecular formula is C27H24N2O2. The lowest BCUT2D eigenvalue weighted by molar-refractivity contribution is 0.399. The quantitative estimate of drug-likeness (QED) is 0.366. The summed E-state index contributed by atoms with van der Waals surface area (Å²) in [5.74, 6) is 10.7. The van der Waals surface area contributed by atoms with E-state index in [4.69, 9.17) is 15.5 Å². The molecule has 0 atom stereocenters. The fraction of sp³-hybridized carbons (Fsp3) is 0.185. The Morgan fingerprint density at radius 3 is 1.65 bits per heavy atom. The van der Waals surface area contributed by atoms with Crippen LogP contribution in [0.2, 0.25) is 0 Å². The molecule has 0 radical (unpaired) electrons. The molecule has 0 amide bonds. The fourth-order valence-corrected chi connectivity index (χ4v) is 2.86. The molecule has 0 aliphatic heterocycles. The monoisotopic (exact) mass is 408 g/mol. The van der Waals surface area contributed by atoms with Crippen LogP contribution in [-0.4, -0.2) is 10.3 Å². The van der Waals surface area contributed by atoms with E-state index in [9.17, 15) is 0 Å². The number of nitrogens with zero attached hydrogens (tertiary/aromatic N) is 2. The Bertz CT molecular complexity index is 1230. The smallest absolute Gasteiger partial charge is 0.149 e. The zero-order valence-corrected chi connectivity index (χ0v) is 18.1. The van der Waals surface area contributed by atoms with Crippen LogP contribution in [0.4, 0.5) is 0 Å². The van der Waals surface area contributed by atoms with Gasteiger partial charge in [0.05, 0.1) is 11.1 Å². The molecule has 4 nitrogen and oxygen atoms in total. The van der Waals surface area contributed by atoms with Gasteiger partial charge in [-0.05, 0) is 13.8 Å². The summed E-state index contributed by atoms with van der Waals surface area (Å²) in [6.45, 7) is 7.84. The van der Waals surface area contributed by atoms with E-state index in [1.54, 1.807) is 0 Å². The Morgan fingerprint density at radius 2 is 1.19 bits per heavy atom. The first kappa shape index (κ1) is 21.7. The zero-order valence-electron chi connectivity index (χ0n) is 18.1. The lowest BCUT2D eigenvalue weighted by Crippen LogP contribution is -1.84. The molecule has 2 aromatic carbocycles. The molecule has 4 rings (SSSR count). The van der Waals surface area contributed by atoms with E-state index in [0.29, 0.717) is 11.7 Å². The number of benzene rings is 2. The van der Waals surface area contributed by atoms with Gasteiger partial charge in [0.25, 0.3) is 0 Å². The summed E-state index contributed by atoms with van der Waals surface area (Å²) in [5, 5.41) is 8.03. The summed E-state index contributed by atoms with van der Waals surface area (Å²) in [5.41, 5.74) is 5.22. The van der Waals surface area contributed by atoms with E-state index < -0.39 is 0 Å². The van der Waals surface area contributed by atoms with Crippen molar-refractivity contribution < 1.29 is 9.05 Å².